The first-order chi connectivity index (χ1) is 8.44. The van der Waals surface area contributed by atoms with Gasteiger partial charge in [0, 0.05) is 24.7 Å². The van der Waals surface area contributed by atoms with Crippen molar-refractivity contribution in [1.29, 1.82) is 0 Å². The van der Waals surface area contributed by atoms with Crippen LogP contribution in [-0.4, -0.2) is 34.0 Å². The van der Waals surface area contributed by atoms with Gasteiger partial charge in [-0.3, -0.25) is 4.79 Å². The van der Waals surface area contributed by atoms with E-state index in [2.05, 4.69) is 4.72 Å². The van der Waals surface area contributed by atoms with Crippen LogP contribution in [0.4, 0.5) is 5.69 Å². The minimum absolute atomic E-state index is 0.0354. The van der Waals surface area contributed by atoms with E-state index >= 15 is 0 Å². The van der Waals surface area contributed by atoms with Crippen molar-refractivity contribution in [2.24, 2.45) is 5.73 Å². The second-order valence-corrected chi connectivity index (χ2v) is 6.06. The first-order valence-electron chi connectivity index (χ1n) is 5.53. The quantitative estimate of drug-likeness (QED) is 0.785. The highest BCUT2D eigenvalue weighted by Gasteiger charge is 2.28. The fourth-order valence-corrected chi connectivity index (χ4v) is 2.64. The molecule has 1 saturated heterocycles. The maximum Gasteiger partial charge on any atom is 0.240 e. The van der Waals surface area contributed by atoms with E-state index in [1.54, 1.807) is 17.0 Å². The topological polar surface area (TPSA) is 92.5 Å². The Morgan fingerprint density at radius 2 is 1.94 bits per heavy atom. The number of anilines is 1. The van der Waals surface area contributed by atoms with Gasteiger partial charge in [-0.1, -0.05) is 0 Å². The van der Waals surface area contributed by atoms with Gasteiger partial charge in [0.15, 0.2) is 0 Å². The molecule has 6 nitrogen and oxygen atoms in total. The molecule has 0 saturated carbocycles. The standard InChI is InChI=1S/C11H15N3O3S/c1-13-18(16,17)10-4-2-9(3-5-10)14-7-8(12)6-11(14)15/h2-5,8,13H,6-7,12H2,1H3. The molecule has 7 heteroatoms. The summed E-state index contributed by atoms with van der Waals surface area (Å²) >= 11 is 0. The lowest BCUT2D eigenvalue weighted by molar-refractivity contribution is -0.117. The number of hydrogen-bond acceptors (Lipinski definition) is 4. The highest BCUT2D eigenvalue weighted by molar-refractivity contribution is 7.89. The molecule has 18 heavy (non-hydrogen) atoms. The predicted molar refractivity (Wildman–Crippen MR) is 67.6 cm³/mol. The number of rotatable bonds is 3. The largest absolute Gasteiger partial charge is 0.326 e. The van der Waals surface area contributed by atoms with E-state index in [9.17, 15) is 13.2 Å². The van der Waals surface area contributed by atoms with Crippen LogP contribution in [0.2, 0.25) is 0 Å². The zero-order chi connectivity index (χ0) is 13.3. The molecule has 0 bridgehead atoms. The Kier molecular flexibility index (Phi) is 3.38. The van der Waals surface area contributed by atoms with Gasteiger partial charge in [0.2, 0.25) is 15.9 Å². The Balaban J connectivity index is 2.26. The number of benzene rings is 1. The SMILES string of the molecule is CNS(=O)(=O)c1ccc(N2CC(N)CC2=O)cc1. The first-order valence-corrected chi connectivity index (χ1v) is 7.02. The van der Waals surface area contributed by atoms with E-state index in [1.807, 2.05) is 0 Å². The molecule has 1 aliphatic heterocycles. The highest BCUT2D eigenvalue weighted by Crippen LogP contribution is 2.22. The third kappa shape index (κ3) is 2.38. The van der Waals surface area contributed by atoms with E-state index in [-0.39, 0.29) is 16.8 Å². The Labute approximate surface area is 106 Å². The van der Waals surface area contributed by atoms with Crippen molar-refractivity contribution in [2.75, 3.05) is 18.5 Å². The van der Waals surface area contributed by atoms with Gasteiger partial charge in [-0.05, 0) is 31.3 Å². The number of carbonyl (C=O) groups excluding carboxylic acids is 1. The molecule has 1 amide bonds. The maximum atomic E-state index is 11.6. The van der Waals surface area contributed by atoms with Gasteiger partial charge in [-0.25, -0.2) is 13.1 Å². The summed E-state index contributed by atoms with van der Waals surface area (Å²) in [6.45, 7) is 0.469. The molecule has 1 fully saturated rings. The summed E-state index contributed by atoms with van der Waals surface area (Å²) in [5.41, 5.74) is 6.37. The summed E-state index contributed by atoms with van der Waals surface area (Å²) in [6.07, 6.45) is 0.330. The molecule has 0 aliphatic carbocycles. The predicted octanol–water partition coefficient (Wildman–Crippen LogP) is -0.341. The Morgan fingerprint density at radius 1 is 1.33 bits per heavy atom. The molecule has 0 spiro atoms. The number of hydrogen-bond donors (Lipinski definition) is 2. The van der Waals surface area contributed by atoms with Gasteiger partial charge >= 0.3 is 0 Å². The van der Waals surface area contributed by atoms with Crippen LogP contribution in [0.3, 0.4) is 0 Å². The summed E-state index contributed by atoms with van der Waals surface area (Å²) < 4.78 is 25.3. The van der Waals surface area contributed by atoms with Crippen LogP contribution < -0.4 is 15.4 Å². The second kappa shape index (κ2) is 4.68. The molecule has 2 rings (SSSR count). The lowest BCUT2D eigenvalue weighted by Crippen LogP contribution is -2.28. The van der Waals surface area contributed by atoms with Crippen LogP contribution in [0.5, 0.6) is 0 Å². The van der Waals surface area contributed by atoms with Crippen molar-refractivity contribution in [1.82, 2.24) is 4.72 Å². The Hall–Kier alpha value is -1.44. The van der Waals surface area contributed by atoms with Crippen LogP contribution in [-0.2, 0) is 14.8 Å². The molecule has 0 radical (unpaired) electrons. The lowest BCUT2D eigenvalue weighted by Gasteiger charge is -2.16. The van der Waals surface area contributed by atoms with Gasteiger partial charge in [0.25, 0.3) is 0 Å². The van der Waals surface area contributed by atoms with Crippen LogP contribution >= 0.6 is 0 Å². The molecular formula is C11H15N3O3S. The second-order valence-electron chi connectivity index (χ2n) is 4.17. The Bertz CT molecular complexity index is 553. The van der Waals surface area contributed by atoms with Crippen molar-refractivity contribution in [3.63, 3.8) is 0 Å². The van der Waals surface area contributed by atoms with E-state index in [0.717, 1.165) is 0 Å². The summed E-state index contributed by atoms with van der Waals surface area (Å²) in [5.74, 6) is -0.0354. The first kappa shape index (κ1) is 13.0. The van der Waals surface area contributed by atoms with E-state index in [4.69, 9.17) is 5.73 Å². The van der Waals surface area contributed by atoms with Crippen molar-refractivity contribution < 1.29 is 13.2 Å². The summed E-state index contributed by atoms with van der Waals surface area (Å²) in [6, 6.07) is 6.01. The zero-order valence-corrected chi connectivity index (χ0v) is 10.8. The third-order valence-electron chi connectivity index (χ3n) is 2.88. The van der Waals surface area contributed by atoms with Gasteiger partial charge in [0.1, 0.15) is 0 Å². The van der Waals surface area contributed by atoms with Crippen molar-refractivity contribution >= 4 is 21.6 Å². The summed E-state index contributed by atoms with van der Waals surface area (Å²) in [5, 5.41) is 0. The fraction of sp³-hybridized carbons (Fsp3) is 0.364. The number of carbonyl (C=O) groups is 1. The van der Waals surface area contributed by atoms with Gasteiger partial charge in [0.05, 0.1) is 4.90 Å². The minimum Gasteiger partial charge on any atom is -0.326 e. The molecule has 3 N–H and O–H groups in total. The van der Waals surface area contributed by atoms with Crippen LogP contribution in [0.1, 0.15) is 6.42 Å². The average molecular weight is 269 g/mol. The number of nitrogens with one attached hydrogen (secondary N) is 1. The number of nitrogens with zero attached hydrogens (tertiary/aromatic N) is 1. The van der Waals surface area contributed by atoms with E-state index < -0.39 is 10.0 Å². The monoisotopic (exact) mass is 269 g/mol. The molecule has 1 aliphatic rings. The molecule has 1 atom stereocenters. The van der Waals surface area contributed by atoms with Crippen LogP contribution in [0.25, 0.3) is 0 Å². The maximum absolute atomic E-state index is 11.6. The molecule has 1 unspecified atom stereocenters. The van der Waals surface area contributed by atoms with E-state index in [1.165, 1.54) is 19.2 Å². The zero-order valence-electron chi connectivity index (χ0n) is 9.96. The number of sulfonamides is 1. The fourth-order valence-electron chi connectivity index (χ4n) is 1.91. The highest BCUT2D eigenvalue weighted by atomic mass is 32.2. The lowest BCUT2D eigenvalue weighted by atomic mass is 10.3. The van der Waals surface area contributed by atoms with Crippen LogP contribution in [0, 0.1) is 0 Å². The normalized spacial score (nSPS) is 20.4. The molecule has 98 valence electrons. The van der Waals surface area contributed by atoms with Crippen LogP contribution in [0.15, 0.2) is 29.2 Å². The molecule has 1 aromatic rings. The summed E-state index contributed by atoms with van der Waals surface area (Å²) in [4.78, 5) is 13.4. The third-order valence-corrected chi connectivity index (χ3v) is 4.31. The minimum atomic E-state index is -3.44. The van der Waals surface area contributed by atoms with Crippen molar-refractivity contribution in [2.45, 2.75) is 17.4 Å². The van der Waals surface area contributed by atoms with Gasteiger partial charge in [-0.15, -0.1) is 0 Å². The summed E-state index contributed by atoms with van der Waals surface area (Å²) in [7, 11) is -2.09. The number of amides is 1. The Morgan fingerprint density at radius 3 is 2.39 bits per heavy atom. The van der Waals surface area contributed by atoms with E-state index in [0.29, 0.717) is 18.7 Å². The van der Waals surface area contributed by atoms with Gasteiger partial charge in [-0.2, -0.15) is 0 Å². The molecule has 1 aromatic carbocycles. The molecular weight excluding hydrogens is 254 g/mol. The number of nitrogens with two attached hydrogens (primary N) is 1. The molecule has 1 heterocycles. The van der Waals surface area contributed by atoms with Crippen molar-refractivity contribution in [3.05, 3.63) is 24.3 Å². The smallest absolute Gasteiger partial charge is 0.240 e. The average Bonchev–Trinajstić information content (AvgIpc) is 2.69. The van der Waals surface area contributed by atoms with Gasteiger partial charge < -0.3 is 10.6 Å². The van der Waals surface area contributed by atoms with Crippen molar-refractivity contribution in [3.8, 4) is 0 Å². The molecule has 0 aromatic heterocycles.